The second-order valence-corrected chi connectivity index (χ2v) is 11.2. The molecule has 0 aliphatic heterocycles. The highest BCUT2D eigenvalue weighted by atomic mass is 16.5. The molecule has 0 aliphatic rings. The maximum absolute atomic E-state index is 12.6. The quantitative estimate of drug-likeness (QED) is 0.205. The third-order valence-corrected chi connectivity index (χ3v) is 9.21. The molecule has 0 saturated carbocycles. The third-order valence-electron chi connectivity index (χ3n) is 9.21. The minimum atomic E-state index is -0.136. The van der Waals surface area contributed by atoms with E-state index in [2.05, 4.69) is 27.7 Å². The molecule has 0 aliphatic carbocycles. The summed E-state index contributed by atoms with van der Waals surface area (Å²) in [5, 5.41) is 20.6. The predicted octanol–water partition coefficient (Wildman–Crippen LogP) is 5.73. The molecule has 2 aromatic rings. The van der Waals surface area contributed by atoms with Crippen LogP contribution in [0.3, 0.4) is 0 Å². The number of rotatable bonds is 20. The van der Waals surface area contributed by atoms with Crippen LogP contribution in [0.4, 0.5) is 0 Å². The van der Waals surface area contributed by atoms with E-state index in [0.717, 1.165) is 77.4 Å². The molecule has 2 rings (SSSR count). The molecule has 0 amide bonds. The van der Waals surface area contributed by atoms with Crippen molar-refractivity contribution in [2.24, 2.45) is 10.8 Å². The Morgan fingerprint density at radius 1 is 0.641 bits per heavy atom. The molecule has 2 N–H and O–H groups in total. The van der Waals surface area contributed by atoms with Crippen LogP contribution in [0.5, 0.6) is 11.8 Å². The standard InChI is InChI=1S/C30H54N4O5/c1-7-29(8-2,23-33-25(35)21-31(11-5)27(33)37)17-13-15-19-39-20-16-14-18-30(9-3,10-4)24-34-26(36)22-32(12-6)28(34)38/h21-22,35-36H,7-20,23-24H2,1-6H3. The van der Waals surface area contributed by atoms with Crippen molar-refractivity contribution in [1.29, 1.82) is 0 Å². The topological polar surface area (TPSA) is 104 Å². The second-order valence-electron chi connectivity index (χ2n) is 11.2. The van der Waals surface area contributed by atoms with E-state index in [-0.39, 0.29) is 34.0 Å². The zero-order valence-electron chi connectivity index (χ0n) is 25.4. The van der Waals surface area contributed by atoms with Gasteiger partial charge in [-0.3, -0.25) is 18.3 Å². The van der Waals surface area contributed by atoms with Gasteiger partial charge in [0.2, 0.25) is 11.8 Å². The molecular weight excluding hydrogens is 496 g/mol. The number of aromatic nitrogens is 4. The van der Waals surface area contributed by atoms with E-state index >= 15 is 0 Å². The lowest BCUT2D eigenvalue weighted by Gasteiger charge is -2.32. The Bertz CT molecular complexity index is 1020. The summed E-state index contributed by atoms with van der Waals surface area (Å²) in [6.07, 6.45) is 12.9. The van der Waals surface area contributed by atoms with Crippen LogP contribution in [0.2, 0.25) is 0 Å². The van der Waals surface area contributed by atoms with Gasteiger partial charge in [0.25, 0.3) is 0 Å². The summed E-state index contributed by atoms with van der Waals surface area (Å²) in [4.78, 5) is 25.2. The monoisotopic (exact) mass is 550 g/mol. The number of hydrogen-bond donors (Lipinski definition) is 2. The van der Waals surface area contributed by atoms with Crippen LogP contribution in [0, 0.1) is 10.8 Å². The highest BCUT2D eigenvalue weighted by molar-refractivity contribution is 5.07. The molecule has 9 heteroatoms. The van der Waals surface area contributed by atoms with E-state index in [9.17, 15) is 19.8 Å². The number of aromatic hydroxyl groups is 2. The molecule has 2 aromatic heterocycles. The number of nitrogens with zero attached hydrogens (tertiary/aromatic N) is 4. The highest BCUT2D eigenvalue weighted by Gasteiger charge is 2.30. The van der Waals surface area contributed by atoms with E-state index in [1.165, 1.54) is 21.5 Å². The first-order valence-corrected chi connectivity index (χ1v) is 15.2. The Hall–Kier alpha value is -2.42. The molecule has 0 bridgehead atoms. The Morgan fingerprint density at radius 3 is 1.28 bits per heavy atom. The average molecular weight is 551 g/mol. The number of imidazole rings is 2. The van der Waals surface area contributed by atoms with Crippen LogP contribution in [0.15, 0.2) is 22.0 Å². The van der Waals surface area contributed by atoms with Gasteiger partial charge in [-0.25, -0.2) is 9.59 Å². The molecule has 0 aromatic carbocycles. The summed E-state index contributed by atoms with van der Waals surface area (Å²) in [5.74, 6) is 0.102. The van der Waals surface area contributed by atoms with Crippen LogP contribution in [0.1, 0.15) is 106 Å². The second kappa shape index (κ2) is 15.4. The first-order valence-electron chi connectivity index (χ1n) is 15.2. The zero-order valence-corrected chi connectivity index (χ0v) is 25.4. The van der Waals surface area contributed by atoms with Crippen LogP contribution >= 0.6 is 0 Å². The smallest absolute Gasteiger partial charge is 0.331 e. The van der Waals surface area contributed by atoms with E-state index < -0.39 is 0 Å². The van der Waals surface area contributed by atoms with E-state index in [0.29, 0.717) is 26.2 Å². The average Bonchev–Trinajstić information content (AvgIpc) is 3.38. The van der Waals surface area contributed by atoms with Crippen LogP contribution in [-0.4, -0.2) is 41.7 Å². The Labute approximate surface area is 234 Å². The van der Waals surface area contributed by atoms with E-state index in [4.69, 9.17) is 4.74 Å². The largest absolute Gasteiger partial charge is 0.493 e. The van der Waals surface area contributed by atoms with Crippen molar-refractivity contribution in [1.82, 2.24) is 18.3 Å². The molecule has 0 spiro atoms. The van der Waals surface area contributed by atoms with Gasteiger partial charge in [0.15, 0.2) is 0 Å². The Balaban J connectivity index is 1.76. The minimum absolute atomic E-state index is 0.0145. The SMILES string of the molecule is CCn1cc(O)n(CC(CC)(CC)CCCCOCCCCC(CC)(CC)Cn2c(O)cn(CC)c2=O)c1=O. The van der Waals surface area contributed by atoms with Gasteiger partial charge in [0, 0.05) is 39.4 Å². The summed E-state index contributed by atoms with van der Waals surface area (Å²) >= 11 is 0. The van der Waals surface area contributed by atoms with Gasteiger partial charge in [-0.2, -0.15) is 0 Å². The van der Waals surface area contributed by atoms with Gasteiger partial charge in [-0.1, -0.05) is 40.5 Å². The van der Waals surface area contributed by atoms with Gasteiger partial charge in [-0.15, -0.1) is 0 Å². The van der Waals surface area contributed by atoms with E-state index in [1.54, 1.807) is 9.13 Å². The molecule has 0 atom stereocenters. The molecule has 0 fully saturated rings. The Morgan fingerprint density at radius 2 is 1.00 bits per heavy atom. The van der Waals surface area contributed by atoms with Crippen molar-refractivity contribution in [3.63, 3.8) is 0 Å². The summed E-state index contributed by atoms with van der Waals surface area (Å²) in [6, 6.07) is 0. The summed E-state index contributed by atoms with van der Waals surface area (Å²) in [7, 11) is 0. The van der Waals surface area contributed by atoms with Crippen LogP contribution in [-0.2, 0) is 30.9 Å². The molecule has 9 nitrogen and oxygen atoms in total. The fraction of sp³-hybridized carbons (Fsp3) is 0.800. The molecule has 224 valence electrons. The number of unbranched alkanes of at least 4 members (excludes halogenated alkanes) is 2. The molecule has 0 unspecified atom stereocenters. The lowest BCUT2D eigenvalue weighted by Crippen LogP contribution is -2.32. The normalized spacial score (nSPS) is 12.5. The van der Waals surface area contributed by atoms with Crippen molar-refractivity contribution >= 4 is 0 Å². The van der Waals surface area contributed by atoms with Gasteiger partial charge in [0.1, 0.15) is 0 Å². The number of aryl methyl sites for hydroxylation is 2. The van der Waals surface area contributed by atoms with E-state index in [1.807, 2.05) is 13.8 Å². The van der Waals surface area contributed by atoms with Crippen molar-refractivity contribution in [2.45, 2.75) is 132 Å². The molecule has 39 heavy (non-hydrogen) atoms. The van der Waals surface area contributed by atoms with Crippen molar-refractivity contribution in [3.8, 4) is 11.8 Å². The molecule has 2 heterocycles. The van der Waals surface area contributed by atoms with Crippen molar-refractivity contribution < 1.29 is 14.9 Å². The Kier molecular flexibility index (Phi) is 12.9. The van der Waals surface area contributed by atoms with Gasteiger partial charge >= 0.3 is 11.4 Å². The number of ether oxygens (including phenoxy) is 1. The number of hydrogen-bond acceptors (Lipinski definition) is 5. The summed E-state index contributed by atoms with van der Waals surface area (Å²) in [5.41, 5.74) is -0.301. The molecule has 0 radical (unpaired) electrons. The first-order chi connectivity index (χ1) is 18.6. The molecular formula is C30H54N4O5. The lowest BCUT2D eigenvalue weighted by molar-refractivity contribution is 0.111. The fourth-order valence-electron chi connectivity index (χ4n) is 5.78. The maximum atomic E-state index is 12.6. The maximum Gasteiger partial charge on any atom is 0.331 e. The van der Waals surface area contributed by atoms with Crippen molar-refractivity contribution in [2.75, 3.05) is 13.2 Å². The third kappa shape index (κ3) is 8.29. The molecule has 0 saturated heterocycles. The van der Waals surface area contributed by atoms with Gasteiger partial charge in [-0.05, 0) is 76.0 Å². The summed E-state index contributed by atoms with van der Waals surface area (Å²) in [6.45, 7) is 16.1. The zero-order chi connectivity index (χ0) is 29.1. The van der Waals surface area contributed by atoms with Gasteiger partial charge < -0.3 is 14.9 Å². The lowest BCUT2D eigenvalue weighted by atomic mass is 9.77. The highest BCUT2D eigenvalue weighted by Crippen LogP contribution is 2.36. The van der Waals surface area contributed by atoms with Crippen LogP contribution in [0.25, 0.3) is 0 Å². The summed E-state index contributed by atoms with van der Waals surface area (Å²) < 4.78 is 12.1. The van der Waals surface area contributed by atoms with Gasteiger partial charge in [0.05, 0.1) is 12.4 Å². The minimum Gasteiger partial charge on any atom is -0.493 e. The van der Waals surface area contributed by atoms with Crippen molar-refractivity contribution in [3.05, 3.63) is 33.4 Å². The predicted molar refractivity (Wildman–Crippen MR) is 157 cm³/mol. The van der Waals surface area contributed by atoms with Crippen LogP contribution < -0.4 is 11.4 Å². The first kappa shape index (κ1) is 32.8. The fourth-order valence-corrected chi connectivity index (χ4v) is 5.78.